The van der Waals surface area contributed by atoms with Crippen LogP contribution < -0.4 is 4.74 Å². The van der Waals surface area contributed by atoms with E-state index in [0.29, 0.717) is 31.5 Å². The van der Waals surface area contributed by atoms with Crippen molar-refractivity contribution < 1.29 is 23.4 Å². The number of aryl methyl sites for hydroxylation is 1. The molecule has 0 aliphatic carbocycles. The number of rotatable bonds is 7. The lowest BCUT2D eigenvalue weighted by Crippen LogP contribution is -2.38. The molecule has 5 rings (SSSR count). The summed E-state index contributed by atoms with van der Waals surface area (Å²) in [4.78, 5) is 17.7. The molecule has 7 nitrogen and oxygen atoms in total. The van der Waals surface area contributed by atoms with Gasteiger partial charge in [0.2, 0.25) is 0 Å². The number of piperidine rings is 1. The third-order valence-electron chi connectivity index (χ3n) is 7.18. The maximum Gasteiger partial charge on any atom is 0.336 e. The van der Waals surface area contributed by atoms with E-state index >= 15 is 0 Å². The number of H-pyrrole nitrogens is 1. The molecule has 36 heavy (non-hydrogen) atoms. The van der Waals surface area contributed by atoms with Gasteiger partial charge in [0, 0.05) is 48.0 Å². The Morgan fingerprint density at radius 1 is 1.31 bits per heavy atom. The Morgan fingerprint density at radius 2 is 2.11 bits per heavy atom. The van der Waals surface area contributed by atoms with Crippen LogP contribution in [0.1, 0.15) is 64.0 Å². The van der Waals surface area contributed by atoms with Crippen LogP contribution in [0.2, 0.25) is 0 Å². The number of fused-ring (bicyclic) bond motifs is 1. The Labute approximate surface area is 207 Å². The fraction of sp³-hybridized carbons (Fsp3) is 0.333. The van der Waals surface area contributed by atoms with Gasteiger partial charge < -0.3 is 14.8 Å². The van der Waals surface area contributed by atoms with Crippen LogP contribution in [0, 0.1) is 6.92 Å². The number of methoxy groups -OCH3 is 1. The van der Waals surface area contributed by atoms with Crippen LogP contribution in [0.25, 0.3) is 10.9 Å². The third-order valence-corrected chi connectivity index (χ3v) is 7.18. The molecule has 1 saturated heterocycles. The van der Waals surface area contributed by atoms with E-state index in [1.165, 1.54) is 12.4 Å². The smallest absolute Gasteiger partial charge is 0.336 e. The minimum atomic E-state index is -2.58. The number of benzene rings is 2. The summed E-state index contributed by atoms with van der Waals surface area (Å²) in [7, 11) is 1.65. The number of nitrogens with zero attached hydrogens (tertiary/aromatic N) is 3. The van der Waals surface area contributed by atoms with Crippen molar-refractivity contribution in [3.63, 3.8) is 0 Å². The van der Waals surface area contributed by atoms with Gasteiger partial charge in [-0.25, -0.2) is 13.6 Å². The Hall–Kier alpha value is -3.72. The molecule has 0 bridgehead atoms. The van der Waals surface area contributed by atoms with E-state index in [0.717, 1.165) is 27.8 Å². The Morgan fingerprint density at radius 3 is 2.83 bits per heavy atom. The number of aromatic amines is 1. The number of aromatic nitrogens is 3. The average molecular weight is 495 g/mol. The molecule has 1 aliphatic rings. The maximum atomic E-state index is 13.2. The summed E-state index contributed by atoms with van der Waals surface area (Å²) in [5, 5.41) is 15.2. The summed E-state index contributed by atoms with van der Waals surface area (Å²) in [6.07, 6.45) is 3.16. The summed E-state index contributed by atoms with van der Waals surface area (Å²) in [6.45, 7) is 3.21. The topological polar surface area (TPSA) is 83.4 Å². The lowest BCUT2D eigenvalue weighted by atomic mass is 9.88. The van der Waals surface area contributed by atoms with Crippen molar-refractivity contribution in [1.82, 2.24) is 19.7 Å². The number of carboxylic acid groups (broad SMARTS) is 1. The third kappa shape index (κ3) is 4.35. The maximum absolute atomic E-state index is 13.2. The summed E-state index contributed by atoms with van der Waals surface area (Å²) in [5.74, 6) is -0.215. The molecule has 0 spiro atoms. The second kappa shape index (κ2) is 9.73. The molecular weight excluding hydrogens is 466 g/mol. The van der Waals surface area contributed by atoms with Gasteiger partial charge in [0.1, 0.15) is 5.75 Å². The Balaban J connectivity index is 1.54. The lowest BCUT2D eigenvalue weighted by molar-refractivity contribution is 0.0681. The first-order valence-corrected chi connectivity index (χ1v) is 11.9. The molecule has 1 fully saturated rings. The number of alkyl halides is 2. The van der Waals surface area contributed by atoms with Gasteiger partial charge in [-0.15, -0.1) is 0 Å². The fourth-order valence-electron chi connectivity index (χ4n) is 5.38. The van der Waals surface area contributed by atoms with Crippen molar-refractivity contribution in [2.24, 2.45) is 0 Å². The predicted molar refractivity (Wildman–Crippen MR) is 132 cm³/mol. The van der Waals surface area contributed by atoms with Crippen LogP contribution in [0.4, 0.5) is 8.78 Å². The monoisotopic (exact) mass is 494 g/mol. The summed E-state index contributed by atoms with van der Waals surface area (Å²) in [6, 6.07) is 10.7. The van der Waals surface area contributed by atoms with Gasteiger partial charge in [0.15, 0.2) is 0 Å². The highest BCUT2D eigenvalue weighted by atomic mass is 19.3. The largest absolute Gasteiger partial charge is 0.496 e. The fourth-order valence-corrected chi connectivity index (χ4v) is 5.38. The quantitative estimate of drug-likeness (QED) is 0.334. The van der Waals surface area contributed by atoms with Crippen molar-refractivity contribution in [3.8, 4) is 5.75 Å². The van der Waals surface area contributed by atoms with Crippen LogP contribution in [0.5, 0.6) is 5.75 Å². The molecule has 0 radical (unpaired) electrons. The summed E-state index contributed by atoms with van der Waals surface area (Å²) < 4.78 is 33.7. The molecule has 0 saturated carbocycles. The first kappa shape index (κ1) is 24.0. The summed E-state index contributed by atoms with van der Waals surface area (Å²) in [5.41, 5.74) is 3.97. The number of nitrogens with one attached hydrogen (secondary N) is 1. The number of hydrogen-bond donors (Lipinski definition) is 2. The minimum absolute atomic E-state index is 0.112. The van der Waals surface area contributed by atoms with Crippen LogP contribution in [-0.4, -0.2) is 44.4 Å². The molecule has 2 aromatic carbocycles. The number of halogens is 2. The number of hydrogen-bond acceptors (Lipinski definition) is 4. The second-order valence-corrected chi connectivity index (χ2v) is 9.25. The number of carbonyl (C=O) groups is 1. The minimum Gasteiger partial charge on any atom is -0.496 e. The van der Waals surface area contributed by atoms with Crippen molar-refractivity contribution >= 4 is 16.9 Å². The van der Waals surface area contributed by atoms with Crippen molar-refractivity contribution in [3.05, 3.63) is 82.8 Å². The lowest BCUT2D eigenvalue weighted by Gasteiger charge is -2.40. The van der Waals surface area contributed by atoms with E-state index in [-0.39, 0.29) is 23.2 Å². The van der Waals surface area contributed by atoms with E-state index in [1.807, 2.05) is 37.4 Å². The van der Waals surface area contributed by atoms with E-state index < -0.39 is 12.4 Å². The molecule has 2 N–H and O–H groups in total. The molecule has 188 valence electrons. The standard InChI is InChI=1S/C27H28F2N4O3/c1-16-11-24(36-2)22(20-7-9-30-25(16)20)15-32-10-8-18(33-14-17(13-31-33)26(28)29)12-23(32)19-5-3-4-6-21(19)27(34)35/h3-7,9,11,13-14,18,23,26,30H,8,10,12,15H2,1-2H3,(H,34,35)/t18-,23-/m0/s1. The molecule has 2 atom stereocenters. The van der Waals surface area contributed by atoms with Crippen molar-refractivity contribution in [2.45, 2.75) is 44.8 Å². The first-order valence-electron chi connectivity index (χ1n) is 11.9. The zero-order valence-corrected chi connectivity index (χ0v) is 20.1. The molecule has 3 heterocycles. The average Bonchev–Trinajstić information content (AvgIpc) is 3.57. The van der Waals surface area contributed by atoms with Gasteiger partial charge in [-0.1, -0.05) is 18.2 Å². The van der Waals surface area contributed by atoms with Gasteiger partial charge in [0.05, 0.1) is 30.5 Å². The number of aromatic carboxylic acids is 1. The highest BCUT2D eigenvalue weighted by Gasteiger charge is 2.34. The van der Waals surface area contributed by atoms with Crippen molar-refractivity contribution in [2.75, 3.05) is 13.7 Å². The van der Waals surface area contributed by atoms with E-state index in [2.05, 4.69) is 15.0 Å². The van der Waals surface area contributed by atoms with Crippen LogP contribution in [0.15, 0.2) is 55.0 Å². The highest BCUT2D eigenvalue weighted by molar-refractivity contribution is 5.90. The first-order chi connectivity index (χ1) is 17.4. The van der Waals surface area contributed by atoms with Crippen molar-refractivity contribution in [1.29, 1.82) is 0 Å². The van der Waals surface area contributed by atoms with Gasteiger partial charge >= 0.3 is 5.97 Å². The van der Waals surface area contributed by atoms with Gasteiger partial charge in [-0.05, 0) is 49.1 Å². The molecule has 2 aromatic heterocycles. The molecule has 0 unspecified atom stereocenters. The zero-order valence-electron chi connectivity index (χ0n) is 20.1. The number of likely N-dealkylation sites (tertiary alicyclic amines) is 1. The van der Waals surface area contributed by atoms with Gasteiger partial charge in [-0.2, -0.15) is 5.10 Å². The van der Waals surface area contributed by atoms with Gasteiger partial charge in [-0.3, -0.25) is 9.58 Å². The highest BCUT2D eigenvalue weighted by Crippen LogP contribution is 2.41. The van der Waals surface area contributed by atoms with Crippen LogP contribution >= 0.6 is 0 Å². The molecule has 4 aromatic rings. The van der Waals surface area contributed by atoms with Crippen LogP contribution in [-0.2, 0) is 6.54 Å². The van der Waals surface area contributed by atoms with E-state index in [1.54, 1.807) is 23.9 Å². The van der Waals surface area contributed by atoms with Gasteiger partial charge in [0.25, 0.3) is 6.43 Å². The van der Waals surface area contributed by atoms with E-state index in [9.17, 15) is 18.7 Å². The molecule has 0 amide bonds. The predicted octanol–water partition coefficient (Wildman–Crippen LogP) is 5.90. The van der Waals surface area contributed by atoms with E-state index in [4.69, 9.17) is 4.74 Å². The normalized spacial score (nSPS) is 18.7. The summed E-state index contributed by atoms with van der Waals surface area (Å²) >= 11 is 0. The molecular formula is C27H28F2N4O3. The Kier molecular flexibility index (Phi) is 6.49. The Bertz CT molecular complexity index is 1400. The zero-order chi connectivity index (χ0) is 25.4. The molecule has 1 aliphatic heterocycles. The number of carboxylic acids is 1. The SMILES string of the molecule is COc1cc(C)c2[nH]ccc2c1CN1CC[C@H](n2cc(C(F)F)cn2)C[C@H]1c1ccccc1C(=O)O. The molecule has 9 heteroatoms. The number of ether oxygens (including phenoxy) is 1. The van der Waals surface area contributed by atoms with Crippen LogP contribution in [0.3, 0.4) is 0 Å². The second-order valence-electron chi connectivity index (χ2n) is 9.25.